The molecule has 2 aromatic rings. The van der Waals surface area contributed by atoms with Crippen LogP contribution in [0.5, 0.6) is 0 Å². The molecule has 0 atom stereocenters. The molecule has 1 fully saturated rings. The normalized spacial score (nSPS) is 18.7. The molecule has 1 amide bonds. The lowest BCUT2D eigenvalue weighted by Crippen LogP contribution is -2.46. The maximum absolute atomic E-state index is 12.6. The lowest BCUT2D eigenvalue weighted by molar-refractivity contribution is 0.0670. The summed E-state index contributed by atoms with van der Waals surface area (Å²) < 4.78 is 0.954. The number of fused-ring (bicyclic) bond motifs is 2. The molecule has 0 unspecified atom stereocenters. The van der Waals surface area contributed by atoms with Gasteiger partial charge in [0, 0.05) is 36.1 Å². The zero-order valence-corrected chi connectivity index (χ0v) is 14.7. The first-order valence-corrected chi connectivity index (χ1v) is 9.94. The van der Waals surface area contributed by atoms with Crippen LogP contribution in [0.1, 0.15) is 28.9 Å². The molecule has 1 spiro atoms. The van der Waals surface area contributed by atoms with E-state index in [4.69, 9.17) is 0 Å². The number of thiazole rings is 1. The Morgan fingerprint density at radius 2 is 2.13 bits per heavy atom. The highest BCUT2D eigenvalue weighted by Gasteiger charge is 2.42. The number of aromatic nitrogens is 1. The third kappa shape index (κ3) is 2.54. The van der Waals surface area contributed by atoms with Crippen molar-refractivity contribution in [2.45, 2.75) is 22.6 Å². The van der Waals surface area contributed by atoms with E-state index in [0.29, 0.717) is 5.69 Å². The van der Waals surface area contributed by atoms with Crippen molar-refractivity contribution in [1.29, 1.82) is 0 Å². The highest BCUT2D eigenvalue weighted by Crippen LogP contribution is 2.43. The Morgan fingerprint density at radius 3 is 2.87 bits per heavy atom. The first kappa shape index (κ1) is 15.0. The van der Waals surface area contributed by atoms with Crippen LogP contribution in [0.4, 0.5) is 5.69 Å². The van der Waals surface area contributed by atoms with E-state index in [9.17, 15) is 4.79 Å². The first-order chi connectivity index (χ1) is 11.2. The Hall–Kier alpha value is -1.53. The van der Waals surface area contributed by atoms with Crippen molar-refractivity contribution in [2.24, 2.45) is 0 Å². The monoisotopic (exact) mass is 345 g/mol. The van der Waals surface area contributed by atoms with E-state index in [1.165, 1.54) is 11.3 Å². The first-order valence-electron chi connectivity index (χ1n) is 7.84. The standard InChI is InChI=1S/C17H19N3OS2/c1-22-16-19-14(10-23-16)15(21)20-8-6-17(7-9-20)11-18-13-5-3-2-4-12(13)17/h2-5,10,18H,6-9,11H2,1H3. The number of likely N-dealkylation sites (tertiary alicyclic amines) is 1. The number of carbonyl (C=O) groups is 1. The number of amides is 1. The molecule has 2 aliphatic heterocycles. The van der Waals surface area contributed by atoms with Crippen LogP contribution in [0.25, 0.3) is 0 Å². The molecule has 6 heteroatoms. The summed E-state index contributed by atoms with van der Waals surface area (Å²) in [6, 6.07) is 8.58. The van der Waals surface area contributed by atoms with Crippen molar-refractivity contribution >= 4 is 34.7 Å². The van der Waals surface area contributed by atoms with Crippen molar-refractivity contribution in [3.8, 4) is 0 Å². The van der Waals surface area contributed by atoms with Crippen LogP contribution in [-0.2, 0) is 5.41 Å². The van der Waals surface area contributed by atoms with Gasteiger partial charge in [-0.05, 0) is 30.7 Å². The number of benzene rings is 1. The molecule has 1 aromatic heterocycles. The summed E-state index contributed by atoms with van der Waals surface area (Å²) in [5.74, 6) is 0.0793. The third-order valence-electron chi connectivity index (χ3n) is 5.00. The minimum absolute atomic E-state index is 0.0793. The van der Waals surface area contributed by atoms with Gasteiger partial charge >= 0.3 is 0 Å². The van der Waals surface area contributed by atoms with Crippen molar-refractivity contribution in [1.82, 2.24) is 9.88 Å². The molecule has 0 radical (unpaired) electrons. The number of hydrogen-bond donors (Lipinski definition) is 1. The van der Waals surface area contributed by atoms with Crippen LogP contribution in [0.2, 0.25) is 0 Å². The molecular formula is C17H19N3OS2. The summed E-state index contributed by atoms with van der Waals surface area (Å²) >= 11 is 3.14. The fraction of sp³-hybridized carbons (Fsp3) is 0.412. The maximum atomic E-state index is 12.6. The van der Waals surface area contributed by atoms with Gasteiger partial charge in [-0.15, -0.1) is 11.3 Å². The van der Waals surface area contributed by atoms with Gasteiger partial charge in [-0.1, -0.05) is 30.0 Å². The van der Waals surface area contributed by atoms with Gasteiger partial charge in [-0.2, -0.15) is 0 Å². The van der Waals surface area contributed by atoms with Crippen LogP contribution in [0, 0.1) is 0 Å². The number of para-hydroxylation sites is 1. The largest absolute Gasteiger partial charge is 0.384 e. The highest BCUT2D eigenvalue weighted by atomic mass is 32.2. The SMILES string of the molecule is CSc1nc(C(=O)N2CCC3(CC2)CNc2ccccc23)cs1. The predicted octanol–water partition coefficient (Wildman–Crippen LogP) is 3.46. The lowest BCUT2D eigenvalue weighted by atomic mass is 9.74. The number of hydrogen-bond acceptors (Lipinski definition) is 5. The number of nitrogens with zero attached hydrogens (tertiary/aromatic N) is 2. The van der Waals surface area contributed by atoms with Crippen LogP contribution < -0.4 is 5.32 Å². The molecule has 0 bridgehead atoms. The van der Waals surface area contributed by atoms with E-state index < -0.39 is 0 Å². The fourth-order valence-corrected chi connectivity index (χ4v) is 4.89. The van der Waals surface area contributed by atoms with Gasteiger partial charge < -0.3 is 10.2 Å². The molecule has 120 valence electrons. The Morgan fingerprint density at radius 1 is 1.35 bits per heavy atom. The quantitative estimate of drug-likeness (QED) is 0.847. The molecule has 0 saturated carbocycles. The molecule has 1 aromatic carbocycles. The number of thioether (sulfide) groups is 1. The van der Waals surface area contributed by atoms with Gasteiger partial charge in [0.05, 0.1) is 0 Å². The minimum atomic E-state index is 0.0793. The number of anilines is 1. The zero-order chi connectivity index (χ0) is 15.9. The maximum Gasteiger partial charge on any atom is 0.273 e. The second-order valence-corrected chi connectivity index (χ2v) is 8.09. The highest BCUT2D eigenvalue weighted by molar-refractivity contribution is 8.00. The van der Waals surface area contributed by atoms with Crippen LogP contribution >= 0.6 is 23.1 Å². The molecule has 4 rings (SSSR count). The van der Waals surface area contributed by atoms with E-state index in [1.54, 1.807) is 23.1 Å². The molecule has 1 saturated heterocycles. The smallest absolute Gasteiger partial charge is 0.273 e. The van der Waals surface area contributed by atoms with Gasteiger partial charge in [-0.25, -0.2) is 4.98 Å². The van der Waals surface area contributed by atoms with Gasteiger partial charge in [0.2, 0.25) is 0 Å². The van der Waals surface area contributed by atoms with E-state index in [1.807, 2.05) is 16.5 Å². The Balaban J connectivity index is 1.48. The number of rotatable bonds is 2. The Labute approximate surface area is 144 Å². The molecule has 3 heterocycles. The van der Waals surface area contributed by atoms with Gasteiger partial charge in [0.25, 0.3) is 5.91 Å². The molecule has 4 nitrogen and oxygen atoms in total. The van der Waals surface area contributed by atoms with E-state index in [2.05, 4.69) is 34.6 Å². The third-order valence-corrected chi connectivity index (χ3v) is 6.86. The van der Waals surface area contributed by atoms with E-state index in [0.717, 1.165) is 36.8 Å². The molecule has 2 aliphatic rings. The second-order valence-electron chi connectivity index (χ2n) is 6.17. The minimum Gasteiger partial charge on any atom is -0.384 e. The molecule has 23 heavy (non-hydrogen) atoms. The predicted molar refractivity (Wildman–Crippen MR) is 95.6 cm³/mol. The Kier molecular flexibility index (Phi) is 3.81. The van der Waals surface area contributed by atoms with Crippen molar-refractivity contribution in [3.63, 3.8) is 0 Å². The summed E-state index contributed by atoms with van der Waals surface area (Å²) in [7, 11) is 0. The van der Waals surface area contributed by atoms with Gasteiger partial charge in [-0.3, -0.25) is 4.79 Å². The number of piperidine rings is 1. The summed E-state index contributed by atoms with van der Waals surface area (Å²) in [5.41, 5.74) is 3.47. The summed E-state index contributed by atoms with van der Waals surface area (Å²) in [6.45, 7) is 2.60. The average molecular weight is 345 g/mol. The van der Waals surface area contributed by atoms with Gasteiger partial charge in [0.15, 0.2) is 0 Å². The van der Waals surface area contributed by atoms with Gasteiger partial charge in [0.1, 0.15) is 10.0 Å². The average Bonchev–Trinajstić information content (AvgIpc) is 3.21. The zero-order valence-electron chi connectivity index (χ0n) is 13.0. The molecule has 1 N–H and O–H groups in total. The summed E-state index contributed by atoms with van der Waals surface area (Å²) in [5, 5.41) is 5.41. The summed E-state index contributed by atoms with van der Waals surface area (Å²) in [4.78, 5) is 19.0. The lowest BCUT2D eigenvalue weighted by Gasteiger charge is -2.39. The van der Waals surface area contributed by atoms with Crippen molar-refractivity contribution in [3.05, 3.63) is 40.9 Å². The van der Waals surface area contributed by atoms with Crippen LogP contribution in [0.15, 0.2) is 34.0 Å². The van der Waals surface area contributed by atoms with E-state index >= 15 is 0 Å². The fourth-order valence-electron chi connectivity index (χ4n) is 3.65. The van der Waals surface area contributed by atoms with Crippen molar-refractivity contribution in [2.75, 3.05) is 31.2 Å². The molecular weight excluding hydrogens is 326 g/mol. The van der Waals surface area contributed by atoms with Crippen molar-refractivity contribution < 1.29 is 4.79 Å². The second kappa shape index (κ2) is 5.83. The topological polar surface area (TPSA) is 45.2 Å². The van der Waals surface area contributed by atoms with Crippen LogP contribution in [0.3, 0.4) is 0 Å². The Bertz CT molecular complexity index is 735. The molecule has 0 aliphatic carbocycles. The summed E-state index contributed by atoms with van der Waals surface area (Å²) in [6.07, 6.45) is 4.02. The van der Waals surface area contributed by atoms with Crippen LogP contribution in [-0.4, -0.2) is 41.7 Å². The number of carbonyl (C=O) groups excluding carboxylic acids is 1. The number of nitrogens with one attached hydrogen (secondary N) is 1. The van der Waals surface area contributed by atoms with E-state index in [-0.39, 0.29) is 11.3 Å².